The molecule has 0 aliphatic carbocycles. The molecule has 4 aliphatic heterocycles. The van der Waals surface area contributed by atoms with Crippen LogP contribution in [0.4, 0.5) is 0 Å². The van der Waals surface area contributed by atoms with Crippen molar-refractivity contribution in [2.75, 3.05) is 19.8 Å². The summed E-state index contributed by atoms with van der Waals surface area (Å²) in [6.45, 7) is 9.83. The van der Waals surface area contributed by atoms with E-state index in [0.29, 0.717) is 6.54 Å². The van der Waals surface area contributed by atoms with Gasteiger partial charge in [0.15, 0.2) is 0 Å². The Kier molecular flexibility index (Phi) is 5.74. The van der Waals surface area contributed by atoms with E-state index in [2.05, 4.69) is 0 Å². The summed E-state index contributed by atoms with van der Waals surface area (Å²) in [7, 11) is 0. The minimum Gasteiger partial charge on any atom is -0.461 e. The second-order valence-corrected chi connectivity index (χ2v) is 9.90. The van der Waals surface area contributed by atoms with Crippen LogP contribution in [0.1, 0.15) is 41.0 Å². The normalized spacial score (nSPS) is 38.2. The number of carbonyl (C=O) groups is 3. The maximum atomic E-state index is 14.1. The number of fused-ring (bicyclic) bond motifs is 2. The molecule has 8 heteroatoms. The topological polar surface area (TPSA) is 96.4 Å². The molecule has 1 N–H and O–H groups in total. The van der Waals surface area contributed by atoms with Gasteiger partial charge in [0, 0.05) is 12.6 Å². The summed E-state index contributed by atoms with van der Waals surface area (Å²) in [5.74, 6) is -2.87. The predicted octanol–water partition coefficient (Wildman–Crippen LogP) is 1.28. The van der Waals surface area contributed by atoms with Crippen LogP contribution in [0.5, 0.6) is 0 Å². The van der Waals surface area contributed by atoms with Crippen molar-refractivity contribution in [3.63, 3.8) is 0 Å². The highest BCUT2D eigenvalue weighted by atomic mass is 16.6. The Balaban J connectivity index is 1.92. The molecule has 4 aliphatic rings. The average molecular weight is 447 g/mol. The number of nitrogens with zero attached hydrogens (tertiary/aromatic N) is 2. The summed E-state index contributed by atoms with van der Waals surface area (Å²) < 4.78 is 12.0. The van der Waals surface area contributed by atoms with Crippen molar-refractivity contribution in [2.24, 2.45) is 17.8 Å². The van der Waals surface area contributed by atoms with Crippen molar-refractivity contribution >= 4 is 17.8 Å². The fourth-order valence-electron chi connectivity index (χ4n) is 5.95. The van der Waals surface area contributed by atoms with Gasteiger partial charge in [0.25, 0.3) is 0 Å². The van der Waals surface area contributed by atoms with Gasteiger partial charge in [-0.25, -0.2) is 0 Å². The van der Waals surface area contributed by atoms with Crippen molar-refractivity contribution in [3.05, 3.63) is 24.3 Å². The lowest BCUT2D eigenvalue weighted by atomic mass is 9.75. The highest BCUT2D eigenvalue weighted by Crippen LogP contribution is 2.58. The summed E-state index contributed by atoms with van der Waals surface area (Å²) in [4.78, 5) is 44.3. The van der Waals surface area contributed by atoms with Crippen LogP contribution >= 0.6 is 0 Å². The van der Waals surface area contributed by atoms with Crippen LogP contribution in [-0.4, -0.2) is 81.8 Å². The highest BCUT2D eigenvalue weighted by molar-refractivity contribution is 5.99. The van der Waals surface area contributed by atoms with Gasteiger partial charge in [0.1, 0.15) is 24.2 Å². The molecule has 2 saturated heterocycles. The Bertz CT molecular complexity index is 869. The number of ether oxygens (including phenoxy) is 2. The van der Waals surface area contributed by atoms with Crippen LogP contribution in [0.25, 0.3) is 0 Å². The van der Waals surface area contributed by atoms with Crippen molar-refractivity contribution in [3.8, 4) is 0 Å². The molecule has 0 bridgehead atoms. The zero-order valence-corrected chi connectivity index (χ0v) is 19.5. The standard InChI is InChI=1S/C24H34N2O6/c1-6-15(4)16(13-27)26-19-21(29)25(14(2)3)11-7-10-24(19)17(20(26)28)18-22(30)31-12-8-9-23(18,5)32-24/h7-10,14-19,27H,6,11-13H2,1-5H3/t15-,16-,17-,18+,19?,23-,24-/m0/s1. The van der Waals surface area contributed by atoms with Crippen LogP contribution in [0.2, 0.25) is 0 Å². The van der Waals surface area contributed by atoms with E-state index in [9.17, 15) is 19.5 Å². The fourth-order valence-corrected chi connectivity index (χ4v) is 5.95. The third-order valence-electron chi connectivity index (χ3n) is 7.75. The van der Waals surface area contributed by atoms with E-state index in [1.54, 1.807) is 24.0 Å². The van der Waals surface area contributed by atoms with E-state index in [0.717, 1.165) is 6.42 Å². The van der Waals surface area contributed by atoms with Gasteiger partial charge >= 0.3 is 5.97 Å². The van der Waals surface area contributed by atoms with E-state index in [4.69, 9.17) is 9.47 Å². The first kappa shape index (κ1) is 23.0. The van der Waals surface area contributed by atoms with E-state index in [-0.39, 0.29) is 37.0 Å². The lowest BCUT2D eigenvalue weighted by Crippen LogP contribution is -2.60. The van der Waals surface area contributed by atoms with Crippen LogP contribution in [0.15, 0.2) is 24.3 Å². The van der Waals surface area contributed by atoms with Crippen molar-refractivity contribution in [1.82, 2.24) is 9.80 Å². The molecule has 32 heavy (non-hydrogen) atoms. The number of esters is 1. The van der Waals surface area contributed by atoms with Crippen LogP contribution < -0.4 is 0 Å². The molecule has 0 aromatic heterocycles. The third kappa shape index (κ3) is 3.06. The largest absolute Gasteiger partial charge is 0.461 e. The Morgan fingerprint density at radius 1 is 1.12 bits per heavy atom. The number of aliphatic hydroxyl groups excluding tert-OH is 1. The fraction of sp³-hybridized carbons (Fsp3) is 0.708. The third-order valence-corrected chi connectivity index (χ3v) is 7.75. The first-order chi connectivity index (χ1) is 15.1. The Morgan fingerprint density at radius 3 is 2.47 bits per heavy atom. The predicted molar refractivity (Wildman–Crippen MR) is 116 cm³/mol. The Morgan fingerprint density at radius 2 is 1.84 bits per heavy atom. The molecule has 1 unspecified atom stereocenters. The molecule has 2 amide bonds. The van der Waals surface area contributed by atoms with Gasteiger partial charge in [0.05, 0.1) is 24.2 Å². The Hall–Kier alpha value is -2.19. The SMILES string of the molecule is CC[C@H](C)[C@H](CO)N1C(=O)[C@@H]2[C@@H]3C(=O)OCC=C[C@]3(C)O[C@@]23C=CCN(C(C)C)C(=O)C13. The number of cyclic esters (lactones) is 1. The summed E-state index contributed by atoms with van der Waals surface area (Å²) in [6, 6.07) is -1.60. The zero-order chi connectivity index (χ0) is 23.4. The molecule has 2 fully saturated rings. The summed E-state index contributed by atoms with van der Waals surface area (Å²) in [5.41, 5.74) is -2.38. The number of hydrogen-bond donors (Lipinski definition) is 1. The summed E-state index contributed by atoms with van der Waals surface area (Å²) in [6.07, 6.45) is 7.91. The van der Waals surface area contributed by atoms with Crippen molar-refractivity contribution in [2.45, 2.75) is 70.4 Å². The van der Waals surface area contributed by atoms with Crippen molar-refractivity contribution < 1.29 is 29.0 Å². The van der Waals surface area contributed by atoms with Crippen LogP contribution in [0, 0.1) is 17.8 Å². The maximum absolute atomic E-state index is 14.1. The zero-order valence-electron chi connectivity index (χ0n) is 19.5. The van der Waals surface area contributed by atoms with E-state index in [1.165, 1.54) is 4.90 Å². The molecule has 0 radical (unpaired) electrons. The van der Waals surface area contributed by atoms with Gasteiger partial charge in [-0.1, -0.05) is 38.5 Å². The number of amides is 2. The number of likely N-dealkylation sites (tertiary alicyclic amines) is 1. The van der Waals surface area contributed by atoms with Gasteiger partial charge in [-0.15, -0.1) is 0 Å². The van der Waals surface area contributed by atoms with Gasteiger partial charge in [-0.2, -0.15) is 0 Å². The molecule has 176 valence electrons. The minimum absolute atomic E-state index is 0.0419. The monoisotopic (exact) mass is 446 g/mol. The lowest BCUT2D eigenvalue weighted by Gasteiger charge is -2.42. The first-order valence-electron chi connectivity index (χ1n) is 11.6. The first-order valence-corrected chi connectivity index (χ1v) is 11.6. The molecule has 0 aromatic carbocycles. The van der Waals surface area contributed by atoms with Gasteiger partial charge in [-0.3, -0.25) is 14.4 Å². The summed E-state index contributed by atoms with van der Waals surface area (Å²) in [5, 5.41) is 10.3. The van der Waals surface area contributed by atoms with E-state index >= 15 is 0 Å². The molecule has 4 rings (SSSR count). The number of carbonyl (C=O) groups excluding carboxylic acids is 3. The molecular formula is C24H34N2O6. The minimum atomic E-state index is -1.31. The van der Waals surface area contributed by atoms with Gasteiger partial charge < -0.3 is 24.4 Å². The summed E-state index contributed by atoms with van der Waals surface area (Å²) >= 11 is 0. The van der Waals surface area contributed by atoms with Crippen molar-refractivity contribution in [1.29, 1.82) is 0 Å². The van der Waals surface area contributed by atoms with E-state index < -0.39 is 41.1 Å². The molecule has 0 aromatic rings. The smallest absolute Gasteiger partial charge is 0.313 e. The number of rotatable bonds is 5. The van der Waals surface area contributed by atoms with Crippen LogP contribution in [-0.2, 0) is 23.9 Å². The average Bonchev–Trinajstić information content (AvgIpc) is 2.99. The van der Waals surface area contributed by atoms with Gasteiger partial charge in [0.2, 0.25) is 11.8 Å². The molecule has 8 nitrogen and oxygen atoms in total. The van der Waals surface area contributed by atoms with E-state index in [1.807, 2.05) is 39.8 Å². The lowest BCUT2D eigenvalue weighted by molar-refractivity contribution is -0.161. The second kappa shape index (κ2) is 7.99. The highest BCUT2D eigenvalue weighted by Gasteiger charge is 2.75. The van der Waals surface area contributed by atoms with Gasteiger partial charge in [-0.05, 0) is 32.8 Å². The molecule has 4 heterocycles. The van der Waals surface area contributed by atoms with Crippen LogP contribution in [0.3, 0.4) is 0 Å². The quantitative estimate of drug-likeness (QED) is 0.505. The molecular weight excluding hydrogens is 412 g/mol. The second-order valence-electron chi connectivity index (χ2n) is 9.90. The molecule has 7 atom stereocenters. The Labute approximate surface area is 189 Å². The molecule has 0 saturated carbocycles. The maximum Gasteiger partial charge on any atom is 0.313 e. The number of aliphatic hydroxyl groups is 1. The number of hydrogen-bond acceptors (Lipinski definition) is 6. The molecule has 1 spiro atoms.